The second kappa shape index (κ2) is 8.26. The van der Waals surface area contributed by atoms with Crippen LogP contribution in [0.1, 0.15) is 5.56 Å². The van der Waals surface area contributed by atoms with Gasteiger partial charge in [-0.25, -0.2) is 8.42 Å². The molecule has 0 atom stereocenters. The van der Waals surface area contributed by atoms with Crippen LogP contribution < -0.4 is 5.32 Å². The van der Waals surface area contributed by atoms with E-state index >= 15 is 0 Å². The maximum Gasteiger partial charge on any atom is 0.243 e. The van der Waals surface area contributed by atoms with Crippen LogP contribution in [0.15, 0.2) is 89.8 Å². The lowest BCUT2D eigenvalue weighted by Crippen LogP contribution is -2.38. The van der Waals surface area contributed by atoms with Gasteiger partial charge in [0.2, 0.25) is 15.9 Å². The highest BCUT2D eigenvalue weighted by molar-refractivity contribution is 7.89. The summed E-state index contributed by atoms with van der Waals surface area (Å²) >= 11 is 0. The van der Waals surface area contributed by atoms with Gasteiger partial charge < -0.3 is 5.32 Å². The molecule has 0 aromatic heterocycles. The monoisotopic (exact) mass is 418 g/mol. The van der Waals surface area contributed by atoms with Crippen molar-refractivity contribution in [3.05, 3.63) is 90.5 Å². The Morgan fingerprint density at radius 1 is 0.833 bits per heavy atom. The molecule has 0 bridgehead atoms. The summed E-state index contributed by atoms with van der Waals surface area (Å²) in [4.78, 5) is 12.6. The average molecular weight is 419 g/mol. The quantitative estimate of drug-likeness (QED) is 0.516. The molecule has 0 saturated heterocycles. The van der Waals surface area contributed by atoms with Gasteiger partial charge >= 0.3 is 0 Å². The first-order chi connectivity index (χ1) is 14.4. The third-order valence-electron chi connectivity index (χ3n) is 5.15. The maximum absolute atomic E-state index is 12.9. The molecular formula is C24H22N2O3S. The smallest absolute Gasteiger partial charge is 0.243 e. The number of nitrogens with one attached hydrogen (secondary N) is 1. The zero-order chi connectivity index (χ0) is 21.1. The van der Waals surface area contributed by atoms with E-state index in [4.69, 9.17) is 0 Å². The zero-order valence-corrected chi connectivity index (χ0v) is 17.4. The molecule has 0 aliphatic carbocycles. The Bertz CT molecular complexity index is 1330. The molecule has 5 nitrogen and oxygen atoms in total. The molecule has 0 aliphatic rings. The minimum absolute atomic E-state index is 0.172. The van der Waals surface area contributed by atoms with Crippen molar-refractivity contribution in [2.45, 2.75) is 11.4 Å². The van der Waals surface area contributed by atoms with Gasteiger partial charge in [-0.1, -0.05) is 72.8 Å². The lowest BCUT2D eigenvalue weighted by molar-refractivity contribution is -0.121. The largest absolute Gasteiger partial charge is 0.351 e. The van der Waals surface area contributed by atoms with Crippen molar-refractivity contribution in [1.82, 2.24) is 9.62 Å². The van der Waals surface area contributed by atoms with Gasteiger partial charge in [0.25, 0.3) is 0 Å². The lowest BCUT2D eigenvalue weighted by atomic mass is 10.0. The lowest BCUT2D eigenvalue weighted by Gasteiger charge is -2.17. The summed E-state index contributed by atoms with van der Waals surface area (Å²) in [5.74, 6) is -0.352. The number of likely N-dealkylation sites (N-methyl/N-ethyl adjacent to an activating group) is 1. The molecule has 6 heteroatoms. The SMILES string of the molecule is CN(CC(=O)NCc1cccc2ccccc12)S(=O)(=O)c1ccc2ccccc2c1. The summed E-state index contributed by atoms with van der Waals surface area (Å²) in [6.07, 6.45) is 0. The molecule has 30 heavy (non-hydrogen) atoms. The molecule has 0 saturated carbocycles. The zero-order valence-electron chi connectivity index (χ0n) is 16.6. The van der Waals surface area contributed by atoms with E-state index in [0.29, 0.717) is 6.54 Å². The first-order valence-corrected chi connectivity index (χ1v) is 11.1. The summed E-state index contributed by atoms with van der Waals surface area (Å²) in [5, 5.41) is 6.80. The number of hydrogen-bond donors (Lipinski definition) is 1. The predicted molar refractivity (Wildman–Crippen MR) is 120 cm³/mol. The van der Waals surface area contributed by atoms with Gasteiger partial charge in [0, 0.05) is 13.6 Å². The molecule has 0 heterocycles. The van der Waals surface area contributed by atoms with Crippen LogP contribution in [0.3, 0.4) is 0 Å². The molecule has 0 unspecified atom stereocenters. The van der Waals surface area contributed by atoms with E-state index in [1.165, 1.54) is 7.05 Å². The van der Waals surface area contributed by atoms with Crippen molar-refractivity contribution in [1.29, 1.82) is 0 Å². The summed E-state index contributed by atoms with van der Waals surface area (Å²) in [6, 6.07) is 26.4. The van der Waals surface area contributed by atoms with Crippen molar-refractivity contribution in [3.8, 4) is 0 Å². The third-order valence-corrected chi connectivity index (χ3v) is 6.95. The van der Waals surface area contributed by atoms with Gasteiger partial charge in [0.05, 0.1) is 11.4 Å². The molecule has 4 aromatic carbocycles. The first-order valence-electron chi connectivity index (χ1n) is 9.64. The third kappa shape index (κ3) is 4.06. The van der Waals surface area contributed by atoms with Crippen LogP contribution in [-0.2, 0) is 21.4 Å². The van der Waals surface area contributed by atoms with E-state index in [2.05, 4.69) is 5.32 Å². The molecule has 4 aromatic rings. The fraction of sp³-hybridized carbons (Fsp3) is 0.125. The van der Waals surface area contributed by atoms with E-state index in [9.17, 15) is 13.2 Å². The molecule has 1 N–H and O–H groups in total. The van der Waals surface area contributed by atoms with E-state index in [0.717, 1.165) is 31.4 Å². The van der Waals surface area contributed by atoms with Gasteiger partial charge in [-0.3, -0.25) is 4.79 Å². The van der Waals surface area contributed by atoms with Crippen LogP contribution in [0, 0.1) is 0 Å². The number of sulfonamides is 1. The Morgan fingerprint density at radius 3 is 2.30 bits per heavy atom. The normalized spacial score (nSPS) is 11.8. The number of hydrogen-bond acceptors (Lipinski definition) is 3. The topological polar surface area (TPSA) is 66.5 Å². The van der Waals surface area contributed by atoms with Crippen molar-refractivity contribution in [3.63, 3.8) is 0 Å². The van der Waals surface area contributed by atoms with Gasteiger partial charge in [0.15, 0.2) is 0 Å². The van der Waals surface area contributed by atoms with E-state index in [1.54, 1.807) is 18.2 Å². The van der Waals surface area contributed by atoms with Crippen molar-refractivity contribution in [2.75, 3.05) is 13.6 Å². The Hall–Kier alpha value is -3.22. The molecule has 152 valence electrons. The molecular weight excluding hydrogens is 396 g/mol. The second-order valence-corrected chi connectivity index (χ2v) is 9.23. The Labute approximate surface area is 176 Å². The Balaban J connectivity index is 1.45. The molecule has 0 spiro atoms. The number of benzene rings is 4. The number of carbonyl (C=O) groups is 1. The number of carbonyl (C=O) groups excluding carboxylic acids is 1. The van der Waals surface area contributed by atoms with Gasteiger partial charge in [-0.05, 0) is 39.2 Å². The highest BCUT2D eigenvalue weighted by Gasteiger charge is 2.23. The summed E-state index contributed by atoms with van der Waals surface area (Å²) < 4.78 is 26.9. The molecule has 1 amide bonds. The van der Waals surface area contributed by atoms with Crippen LogP contribution in [-0.4, -0.2) is 32.2 Å². The summed E-state index contributed by atoms with van der Waals surface area (Å²) in [7, 11) is -2.35. The van der Waals surface area contributed by atoms with Crippen LogP contribution in [0.5, 0.6) is 0 Å². The minimum atomic E-state index is -3.77. The Morgan fingerprint density at radius 2 is 1.50 bits per heavy atom. The first kappa shape index (κ1) is 20.1. The second-order valence-electron chi connectivity index (χ2n) is 7.19. The summed E-state index contributed by atoms with van der Waals surface area (Å²) in [6.45, 7) is 0.0873. The van der Waals surface area contributed by atoms with Gasteiger partial charge in [0.1, 0.15) is 0 Å². The highest BCUT2D eigenvalue weighted by Crippen LogP contribution is 2.21. The molecule has 0 radical (unpaired) electrons. The van der Waals surface area contributed by atoms with Crippen LogP contribution >= 0.6 is 0 Å². The molecule has 0 fully saturated rings. The summed E-state index contributed by atoms with van der Waals surface area (Å²) in [5.41, 5.74) is 0.987. The van der Waals surface area contributed by atoms with Crippen molar-refractivity contribution in [2.24, 2.45) is 0 Å². The number of rotatable bonds is 6. The average Bonchev–Trinajstić information content (AvgIpc) is 2.77. The maximum atomic E-state index is 12.9. The van der Waals surface area contributed by atoms with Crippen LogP contribution in [0.4, 0.5) is 0 Å². The van der Waals surface area contributed by atoms with Crippen LogP contribution in [0.2, 0.25) is 0 Å². The fourth-order valence-corrected chi connectivity index (χ4v) is 4.65. The van der Waals surface area contributed by atoms with Gasteiger partial charge in [-0.15, -0.1) is 0 Å². The van der Waals surface area contributed by atoms with E-state index in [-0.39, 0.29) is 17.3 Å². The van der Waals surface area contributed by atoms with Crippen molar-refractivity contribution >= 4 is 37.5 Å². The van der Waals surface area contributed by atoms with Crippen LogP contribution in [0.25, 0.3) is 21.5 Å². The minimum Gasteiger partial charge on any atom is -0.351 e. The Kier molecular flexibility index (Phi) is 5.53. The van der Waals surface area contributed by atoms with Crippen molar-refractivity contribution < 1.29 is 13.2 Å². The number of nitrogens with zero attached hydrogens (tertiary/aromatic N) is 1. The van der Waals surface area contributed by atoms with Gasteiger partial charge in [-0.2, -0.15) is 4.31 Å². The molecule has 4 rings (SSSR count). The number of fused-ring (bicyclic) bond motifs is 2. The number of amides is 1. The standard InChI is InChI=1S/C24H22N2O3S/c1-26(30(28,29)22-14-13-18-7-2-3-9-20(18)15-22)17-24(27)25-16-21-11-6-10-19-8-4-5-12-23(19)21/h2-15H,16-17H2,1H3,(H,25,27). The molecule has 0 aliphatic heterocycles. The van der Waals surface area contributed by atoms with E-state index in [1.807, 2.05) is 66.7 Å². The predicted octanol–water partition coefficient (Wildman–Crippen LogP) is 3.93. The highest BCUT2D eigenvalue weighted by atomic mass is 32.2. The fourth-order valence-electron chi connectivity index (χ4n) is 3.49. The van der Waals surface area contributed by atoms with E-state index < -0.39 is 10.0 Å².